The van der Waals surface area contributed by atoms with E-state index >= 15 is 0 Å². The summed E-state index contributed by atoms with van der Waals surface area (Å²) in [4.78, 5) is 140. The number of thiophene rings is 1. The lowest BCUT2D eigenvalue weighted by Crippen LogP contribution is -2.38. The molecule has 37 heteroatoms. The number of hydrogen-bond acceptors (Lipinski definition) is 22. The van der Waals surface area contributed by atoms with Gasteiger partial charge in [-0.15, -0.1) is 21.5 Å². The first kappa shape index (κ1) is 84.8. The maximum atomic E-state index is 14.0. The van der Waals surface area contributed by atoms with Crippen molar-refractivity contribution in [1.29, 1.82) is 0 Å². The number of fused-ring (bicyclic) bond motifs is 3. The molecule has 11 rings (SSSR count). The van der Waals surface area contributed by atoms with Crippen molar-refractivity contribution in [2.45, 2.75) is 78.2 Å². The highest BCUT2D eigenvalue weighted by atomic mass is 32.1. The lowest BCUT2D eigenvalue weighted by atomic mass is 9.96. The Morgan fingerprint density at radius 1 is 0.543 bits per heavy atom. The zero-order valence-electron chi connectivity index (χ0n) is 66.4. The number of nitrogens with zero attached hydrogens (tertiary/aromatic N) is 14. The fraction of sp³-hybridized carbons (Fsp3) is 0.456. The van der Waals surface area contributed by atoms with Gasteiger partial charge >= 0.3 is 0 Å². The van der Waals surface area contributed by atoms with Gasteiger partial charge in [0, 0.05) is 171 Å². The maximum absolute atomic E-state index is 14.0. The molecule has 7 aromatic heterocycles. The lowest BCUT2D eigenvalue weighted by molar-refractivity contribution is -0.132. The first-order valence-corrected chi connectivity index (χ1v) is 39.2. The molecule has 1 aromatic carbocycles. The van der Waals surface area contributed by atoms with E-state index in [1.54, 1.807) is 63.5 Å². The van der Waals surface area contributed by atoms with E-state index in [-0.39, 0.29) is 122 Å². The molecule has 614 valence electrons. The average Bonchev–Trinajstić information content (AvgIpc) is 1.59. The van der Waals surface area contributed by atoms with Crippen LogP contribution in [0, 0.1) is 56.3 Å². The second-order valence-electron chi connectivity index (χ2n) is 28.3. The van der Waals surface area contributed by atoms with Gasteiger partial charge in [0.05, 0.1) is 76.4 Å². The minimum Gasteiger partial charge on any atom is -0.399 e. The van der Waals surface area contributed by atoms with Crippen LogP contribution in [-0.4, -0.2) is 233 Å². The number of ether oxygens (including phenoxy) is 4. The summed E-state index contributed by atoms with van der Waals surface area (Å²) in [5.41, 5.74) is 11.8. The van der Waals surface area contributed by atoms with E-state index in [9.17, 15) is 43.2 Å². The molecule has 36 nitrogen and oxygen atoms in total. The van der Waals surface area contributed by atoms with E-state index in [0.717, 1.165) is 78.5 Å². The van der Waals surface area contributed by atoms with Gasteiger partial charge in [-0.3, -0.25) is 52.7 Å². The molecule has 3 aliphatic rings. The number of aryl methyl sites for hydroxylation is 7. The number of rotatable bonds is 36. The number of hydrogen-bond donors (Lipinski definition) is 9. The third-order valence-electron chi connectivity index (χ3n) is 19.7. The number of anilines is 5. The number of carbonyl (C=O) groups is 9. The number of likely N-dealkylation sites (tertiary alicyclic amines) is 2. The third-order valence-corrected chi connectivity index (χ3v) is 20.9. The number of nitrogens with two attached hydrogens (primary N) is 1. The van der Waals surface area contributed by atoms with Crippen molar-refractivity contribution in [1.82, 2.24) is 83.6 Å². The lowest BCUT2D eigenvalue weighted by Gasteiger charge is -2.30. The van der Waals surface area contributed by atoms with Crippen LogP contribution in [0.4, 0.5) is 28.7 Å². The molecule has 0 unspecified atom stereocenters. The molecule has 3 aliphatic heterocycles. The molecule has 0 radical (unpaired) electrons. The Balaban J connectivity index is 0.466. The maximum Gasteiger partial charge on any atom is 0.291 e. The van der Waals surface area contributed by atoms with Gasteiger partial charge in [-0.2, -0.15) is 0 Å². The number of nitrogen functional groups attached to an aromatic ring is 1. The summed E-state index contributed by atoms with van der Waals surface area (Å²) in [7, 11) is 8.06. The second kappa shape index (κ2) is 40.7. The Morgan fingerprint density at radius 3 is 1.60 bits per heavy atom. The molecule has 2 fully saturated rings. The summed E-state index contributed by atoms with van der Waals surface area (Å²) in [6.45, 7) is 13.7. The average molecular weight is 1610 g/mol. The highest BCUT2D eigenvalue weighted by Crippen LogP contribution is 2.40. The van der Waals surface area contributed by atoms with Crippen LogP contribution in [0.3, 0.4) is 0 Å². The molecule has 1 atom stereocenters. The summed E-state index contributed by atoms with van der Waals surface area (Å²) >= 11 is 1.69. The Hall–Kier alpha value is -12.1. The monoisotopic (exact) mass is 1610 g/mol. The molecule has 116 heavy (non-hydrogen) atoms. The van der Waals surface area contributed by atoms with Crippen LogP contribution in [0.15, 0.2) is 78.6 Å². The summed E-state index contributed by atoms with van der Waals surface area (Å²) in [6.07, 6.45) is 12.6. The molecule has 9 amide bonds. The Kier molecular flexibility index (Phi) is 29.8. The van der Waals surface area contributed by atoms with Crippen molar-refractivity contribution in [2.75, 3.05) is 139 Å². The fourth-order valence-electron chi connectivity index (χ4n) is 13.3. The quantitative estimate of drug-likeness (QED) is 0.0152. The second-order valence-corrected chi connectivity index (χ2v) is 29.5. The van der Waals surface area contributed by atoms with Crippen LogP contribution in [0.5, 0.6) is 0 Å². The highest BCUT2D eigenvalue weighted by molar-refractivity contribution is 7.15. The highest BCUT2D eigenvalue weighted by Gasteiger charge is 2.35. The predicted octanol–water partition coefficient (Wildman–Crippen LogP) is 3.98. The molecule has 0 spiro atoms. The molecular weight excluding hydrogens is 1510 g/mol. The van der Waals surface area contributed by atoms with Crippen molar-refractivity contribution in [2.24, 2.45) is 52.1 Å². The zero-order valence-corrected chi connectivity index (χ0v) is 67.2. The third kappa shape index (κ3) is 23.1. The van der Waals surface area contributed by atoms with E-state index in [0.29, 0.717) is 82.5 Å². The van der Waals surface area contributed by atoms with E-state index in [1.165, 1.54) is 60.1 Å². The molecule has 0 bridgehead atoms. The largest absolute Gasteiger partial charge is 0.399 e. The minimum absolute atomic E-state index is 0.00238. The predicted molar refractivity (Wildman–Crippen MR) is 432 cm³/mol. The first-order chi connectivity index (χ1) is 55.9. The van der Waals surface area contributed by atoms with Gasteiger partial charge < -0.3 is 99.9 Å². The van der Waals surface area contributed by atoms with Crippen molar-refractivity contribution in [3.05, 3.63) is 136 Å². The number of imidazole rings is 3. The Morgan fingerprint density at radius 2 is 1.05 bits per heavy atom. The van der Waals surface area contributed by atoms with Crippen LogP contribution >= 0.6 is 11.3 Å². The molecule has 0 aliphatic carbocycles. The van der Waals surface area contributed by atoms with E-state index in [1.807, 2.05) is 36.1 Å². The van der Waals surface area contributed by atoms with Gasteiger partial charge in [0.2, 0.25) is 35.3 Å². The minimum atomic E-state index is -0.637. The fourth-order valence-corrected chi connectivity index (χ4v) is 14.5. The molecule has 10 heterocycles. The molecule has 2 saturated heterocycles. The summed E-state index contributed by atoms with van der Waals surface area (Å²) in [5.74, 6) is 11.4. The van der Waals surface area contributed by atoms with Crippen molar-refractivity contribution >= 4 is 98.9 Å². The van der Waals surface area contributed by atoms with Gasteiger partial charge in [0.1, 0.15) is 28.3 Å². The standard InChI is InChI=1S/C79H99N23O13S/c1-50-51(2)116-79-68(50)69(55-13-15-56(80)16-14-55)88-59(70-94-93-52(3)102(70)79)45-67(106)101-31-22-54(23-32-101)12-10-9-11-53-20-29-100(30-21-53)34-36-113-38-40-115-42-41-114-39-37-112-35-28-81-64(103)17-24-85-76(109)72-91-62(48-98(72)7)89-65(104)18-25-84-75(108)61-44-58(47-97(61)6)87-78(111)73-92-63(49-99(73)8)90-66(105)19-26-83-74(107)60-43-57(46-96(60)5)86-77(110)71-82-27-33-95(71)4/h13-16,27,33,43-44,46-49,53-54,59H,17-26,28-32,34-42,45,80H2,1-8H3,(H,81,103)(H,83,107)(H,84,108)(H,85,109)(H,86,110)(H,87,111)(H,89,104)(H,90,105)/t59-/m0/s1. The normalized spacial score (nSPS) is 14.2. The molecule has 0 saturated carbocycles. The Labute approximate surface area is 674 Å². The first-order valence-electron chi connectivity index (χ1n) is 38.4. The van der Waals surface area contributed by atoms with Gasteiger partial charge in [-0.05, 0) is 101 Å². The van der Waals surface area contributed by atoms with Crippen molar-refractivity contribution in [3.8, 4) is 28.7 Å². The Bertz CT molecular complexity index is 5020. The topological polar surface area (TPSA) is 426 Å². The van der Waals surface area contributed by atoms with Crippen LogP contribution in [0.1, 0.15) is 143 Å². The van der Waals surface area contributed by atoms with Crippen molar-refractivity contribution < 1.29 is 62.1 Å². The smallest absolute Gasteiger partial charge is 0.291 e. The van der Waals surface area contributed by atoms with Crippen LogP contribution in [-0.2, 0) is 73.4 Å². The van der Waals surface area contributed by atoms with Gasteiger partial charge in [-0.25, -0.2) is 15.0 Å². The number of nitrogens with one attached hydrogen (secondary N) is 8. The van der Waals surface area contributed by atoms with Gasteiger partial charge in [0.25, 0.3) is 29.5 Å². The number of piperidine rings is 2. The molecule has 8 aromatic rings. The molecule has 10 N–H and O–H groups in total. The van der Waals surface area contributed by atoms with Crippen molar-refractivity contribution in [3.63, 3.8) is 0 Å². The number of benzene rings is 1. The zero-order chi connectivity index (χ0) is 82.4. The SMILES string of the molecule is Cc1sc2c(c1C)C(c1ccc(N)cc1)=N[C@@H](CC(=O)N1CCC(C#CC#CC3CCN(CCOCCOCCOCCOCCNC(=O)CCNC(=O)c4nc(NC(=O)CCNC(=O)c5cc(NC(=O)c6nc(NC(=O)CCNC(=O)c7cc(NC(=O)c8nccn8C)cn7C)cn6C)cn5C)cn4C)CC3)CC1)c1nnc(C)n1-2. The summed E-state index contributed by atoms with van der Waals surface area (Å²) in [5, 5.41) is 31.4. The van der Waals surface area contributed by atoms with E-state index < -0.39 is 47.4 Å². The number of aliphatic imine (C=N–C) groups is 1. The number of aromatic nitrogens is 11. The van der Waals surface area contributed by atoms with E-state index in [2.05, 4.69) is 115 Å². The van der Waals surface area contributed by atoms with E-state index in [4.69, 9.17) is 29.7 Å². The van der Waals surface area contributed by atoms with Gasteiger partial charge in [0.15, 0.2) is 23.3 Å². The summed E-state index contributed by atoms with van der Waals surface area (Å²) < 4.78 is 32.2. The van der Waals surface area contributed by atoms with Crippen LogP contribution in [0.2, 0.25) is 0 Å². The molecular formula is C79H99N23O13S. The van der Waals surface area contributed by atoms with Gasteiger partial charge in [-0.1, -0.05) is 24.0 Å². The van der Waals surface area contributed by atoms with Crippen LogP contribution in [0.25, 0.3) is 5.00 Å². The number of amides is 9. The number of carbonyl (C=O) groups excluding carboxylic acids is 9. The van der Waals surface area contributed by atoms with Crippen LogP contribution < -0.4 is 48.3 Å². The summed E-state index contributed by atoms with van der Waals surface area (Å²) in [6, 6.07) is 10.2.